The van der Waals surface area contributed by atoms with Gasteiger partial charge in [-0.25, -0.2) is 4.79 Å². The minimum atomic E-state index is -0.505. The number of rotatable bonds is 8. The van der Waals surface area contributed by atoms with Gasteiger partial charge in [0.05, 0.1) is 13.7 Å². The summed E-state index contributed by atoms with van der Waals surface area (Å²) in [6.45, 7) is 6.13. The molecule has 1 atom stereocenters. The number of nitrogens with one attached hydrogen (secondary N) is 1. The van der Waals surface area contributed by atoms with E-state index in [-0.39, 0.29) is 23.8 Å². The molecule has 1 saturated heterocycles. The molecule has 1 unspecified atom stereocenters. The van der Waals surface area contributed by atoms with Gasteiger partial charge in [0.2, 0.25) is 5.91 Å². The quantitative estimate of drug-likeness (QED) is 0.512. The van der Waals surface area contributed by atoms with Crippen molar-refractivity contribution >= 4 is 11.9 Å². The van der Waals surface area contributed by atoms with Gasteiger partial charge in [0.15, 0.2) is 0 Å². The van der Waals surface area contributed by atoms with Gasteiger partial charge in [-0.2, -0.15) is 0 Å². The molecule has 0 aliphatic carbocycles. The summed E-state index contributed by atoms with van der Waals surface area (Å²) in [6, 6.07) is 0. The highest BCUT2D eigenvalue weighted by Crippen LogP contribution is 2.42. The normalized spacial score (nSPS) is 18.5. The molecule has 0 radical (unpaired) electrons. The third kappa shape index (κ3) is 4.72. The number of carbonyl (C=O) groups is 2. The van der Waals surface area contributed by atoms with Crippen LogP contribution in [-0.4, -0.2) is 43.9 Å². The standard InChI is InChI=1S/C22H29NO6/c1-13(5-7-18(24)23-10-15-8-9-28-11-15)4-6-16-20(25)19-17(12-29-22(19)26)14(2)21(16)27-3/h4,15,25H,5-12H2,1-3H3,(H,23,24)/b13-4+. The first-order valence-electron chi connectivity index (χ1n) is 10.0. The van der Waals surface area contributed by atoms with Crippen molar-refractivity contribution in [2.24, 2.45) is 5.92 Å². The lowest BCUT2D eigenvalue weighted by molar-refractivity contribution is -0.121. The number of hydrogen-bond donors (Lipinski definition) is 2. The van der Waals surface area contributed by atoms with Gasteiger partial charge in [-0.05, 0) is 38.7 Å². The van der Waals surface area contributed by atoms with Crippen LogP contribution in [0.4, 0.5) is 0 Å². The highest BCUT2D eigenvalue weighted by atomic mass is 16.5. The first-order valence-corrected chi connectivity index (χ1v) is 10.0. The fourth-order valence-corrected chi connectivity index (χ4v) is 3.81. The zero-order chi connectivity index (χ0) is 21.0. The number of amides is 1. The average Bonchev–Trinajstić information content (AvgIpc) is 3.36. The maximum absolute atomic E-state index is 12.1. The lowest BCUT2D eigenvalue weighted by Crippen LogP contribution is -2.29. The number of cyclic esters (lactones) is 1. The molecule has 0 spiro atoms. The number of phenols is 1. The fourth-order valence-electron chi connectivity index (χ4n) is 3.81. The first-order chi connectivity index (χ1) is 13.9. The van der Waals surface area contributed by atoms with Crippen LogP contribution in [0.2, 0.25) is 0 Å². The number of carbonyl (C=O) groups excluding carboxylic acids is 2. The smallest absolute Gasteiger partial charge is 0.342 e. The molecule has 1 fully saturated rings. The molecule has 2 heterocycles. The topological polar surface area (TPSA) is 94.1 Å². The van der Waals surface area contributed by atoms with E-state index in [1.54, 1.807) is 7.11 Å². The van der Waals surface area contributed by atoms with Crippen LogP contribution in [0.25, 0.3) is 0 Å². The van der Waals surface area contributed by atoms with Crippen LogP contribution < -0.4 is 10.1 Å². The summed E-state index contributed by atoms with van der Waals surface area (Å²) in [7, 11) is 1.55. The Labute approximate surface area is 171 Å². The van der Waals surface area contributed by atoms with Crippen molar-refractivity contribution in [1.29, 1.82) is 0 Å². The number of phenolic OH excluding ortho intramolecular Hbond substituents is 1. The SMILES string of the molecule is COc1c(C)c2c(c(O)c1C/C=C(\C)CCC(=O)NCC1CCOC1)C(=O)OC2. The van der Waals surface area contributed by atoms with Crippen molar-refractivity contribution in [2.75, 3.05) is 26.9 Å². The molecule has 1 aromatic carbocycles. The molecule has 1 amide bonds. The summed E-state index contributed by atoms with van der Waals surface area (Å²) in [4.78, 5) is 24.0. The van der Waals surface area contributed by atoms with Gasteiger partial charge < -0.3 is 24.6 Å². The van der Waals surface area contributed by atoms with Gasteiger partial charge >= 0.3 is 5.97 Å². The zero-order valence-corrected chi connectivity index (χ0v) is 17.3. The average molecular weight is 403 g/mol. The Morgan fingerprint density at radius 1 is 1.38 bits per heavy atom. The largest absolute Gasteiger partial charge is 0.507 e. The highest BCUT2D eigenvalue weighted by molar-refractivity contribution is 5.98. The van der Waals surface area contributed by atoms with E-state index in [1.165, 1.54) is 0 Å². The summed E-state index contributed by atoms with van der Waals surface area (Å²) in [6.07, 6.45) is 4.40. The third-order valence-corrected chi connectivity index (χ3v) is 5.66. The summed E-state index contributed by atoms with van der Waals surface area (Å²) in [5, 5.41) is 13.6. The number of aromatic hydroxyl groups is 1. The van der Waals surface area contributed by atoms with E-state index in [1.807, 2.05) is 19.9 Å². The van der Waals surface area contributed by atoms with E-state index in [4.69, 9.17) is 14.2 Å². The predicted octanol–water partition coefficient (Wildman–Crippen LogP) is 2.80. The maximum Gasteiger partial charge on any atom is 0.342 e. The lowest BCUT2D eigenvalue weighted by atomic mass is 9.94. The second kappa shape index (κ2) is 9.31. The summed E-state index contributed by atoms with van der Waals surface area (Å²) < 4.78 is 15.9. The number of esters is 1. The Bertz CT molecular complexity index is 823. The van der Waals surface area contributed by atoms with Crippen LogP contribution in [0, 0.1) is 12.8 Å². The minimum Gasteiger partial charge on any atom is -0.507 e. The molecule has 0 bridgehead atoms. The molecular formula is C22H29NO6. The number of methoxy groups -OCH3 is 1. The predicted molar refractivity (Wildman–Crippen MR) is 107 cm³/mol. The fraction of sp³-hybridized carbons (Fsp3) is 0.545. The number of ether oxygens (including phenoxy) is 3. The Morgan fingerprint density at radius 2 is 2.17 bits per heavy atom. The minimum absolute atomic E-state index is 0.0289. The van der Waals surface area contributed by atoms with Crippen molar-refractivity contribution in [3.8, 4) is 11.5 Å². The summed E-state index contributed by atoms with van der Waals surface area (Å²) in [5.74, 6) is 0.433. The van der Waals surface area contributed by atoms with E-state index >= 15 is 0 Å². The number of hydrogen-bond acceptors (Lipinski definition) is 6. The van der Waals surface area contributed by atoms with Crippen molar-refractivity contribution in [3.63, 3.8) is 0 Å². The Morgan fingerprint density at radius 3 is 2.86 bits per heavy atom. The molecule has 2 aliphatic rings. The monoisotopic (exact) mass is 403 g/mol. The van der Waals surface area contributed by atoms with Crippen LogP contribution in [0.3, 0.4) is 0 Å². The van der Waals surface area contributed by atoms with Crippen molar-refractivity contribution in [1.82, 2.24) is 5.32 Å². The van der Waals surface area contributed by atoms with E-state index < -0.39 is 5.97 Å². The van der Waals surface area contributed by atoms with Gasteiger partial charge in [0.25, 0.3) is 0 Å². The van der Waals surface area contributed by atoms with E-state index in [2.05, 4.69) is 5.32 Å². The molecule has 7 nitrogen and oxygen atoms in total. The van der Waals surface area contributed by atoms with Gasteiger partial charge in [0, 0.05) is 36.6 Å². The Kier molecular flexibility index (Phi) is 6.79. The lowest BCUT2D eigenvalue weighted by Gasteiger charge is -2.15. The number of benzene rings is 1. The molecule has 158 valence electrons. The van der Waals surface area contributed by atoms with Gasteiger partial charge in [0.1, 0.15) is 23.7 Å². The molecule has 29 heavy (non-hydrogen) atoms. The van der Waals surface area contributed by atoms with Crippen LogP contribution in [-0.2, 0) is 27.3 Å². The maximum atomic E-state index is 12.1. The second-order valence-electron chi connectivity index (χ2n) is 7.70. The highest BCUT2D eigenvalue weighted by Gasteiger charge is 2.31. The summed E-state index contributed by atoms with van der Waals surface area (Å²) in [5.41, 5.74) is 3.32. The molecule has 0 aromatic heterocycles. The van der Waals surface area contributed by atoms with E-state index in [0.29, 0.717) is 48.6 Å². The van der Waals surface area contributed by atoms with E-state index in [0.717, 1.165) is 30.8 Å². The van der Waals surface area contributed by atoms with Gasteiger partial charge in [-0.3, -0.25) is 4.79 Å². The third-order valence-electron chi connectivity index (χ3n) is 5.66. The molecule has 1 aromatic rings. The summed E-state index contributed by atoms with van der Waals surface area (Å²) >= 11 is 0. The Hall–Kier alpha value is -2.54. The van der Waals surface area contributed by atoms with Gasteiger partial charge in [-0.1, -0.05) is 11.6 Å². The molecule has 7 heteroatoms. The molecular weight excluding hydrogens is 374 g/mol. The molecule has 2 N–H and O–H groups in total. The van der Waals surface area contributed by atoms with Crippen molar-refractivity contribution < 1.29 is 28.9 Å². The second-order valence-corrected chi connectivity index (χ2v) is 7.70. The molecule has 0 saturated carbocycles. The van der Waals surface area contributed by atoms with Crippen LogP contribution in [0.15, 0.2) is 11.6 Å². The van der Waals surface area contributed by atoms with Crippen LogP contribution in [0.1, 0.15) is 53.2 Å². The van der Waals surface area contributed by atoms with Crippen molar-refractivity contribution in [3.05, 3.63) is 33.9 Å². The van der Waals surface area contributed by atoms with Crippen LogP contribution >= 0.6 is 0 Å². The van der Waals surface area contributed by atoms with Gasteiger partial charge in [-0.15, -0.1) is 0 Å². The molecule has 2 aliphatic heterocycles. The Balaban J connectivity index is 1.61. The van der Waals surface area contributed by atoms with Crippen LogP contribution in [0.5, 0.6) is 11.5 Å². The first kappa shape index (κ1) is 21.2. The molecule has 3 rings (SSSR count). The number of fused-ring (bicyclic) bond motifs is 1. The zero-order valence-electron chi connectivity index (χ0n) is 17.3. The number of allylic oxidation sites excluding steroid dienone is 2. The van der Waals surface area contributed by atoms with Crippen molar-refractivity contribution in [2.45, 2.75) is 46.1 Å². The van der Waals surface area contributed by atoms with E-state index in [9.17, 15) is 14.7 Å².